The van der Waals surface area contributed by atoms with Crippen molar-refractivity contribution in [3.8, 4) is 11.1 Å². The van der Waals surface area contributed by atoms with Crippen molar-refractivity contribution in [3.05, 3.63) is 125 Å². The summed E-state index contributed by atoms with van der Waals surface area (Å²) in [4.78, 5) is 2.54. The number of para-hydroxylation sites is 1. The van der Waals surface area contributed by atoms with Gasteiger partial charge < -0.3 is 9.47 Å². The van der Waals surface area contributed by atoms with Crippen LogP contribution in [0.15, 0.2) is 103 Å². The standard InChI is InChI=1S/C50H52N2/c1-49(2)45-26-40(21-22-41(45)43-27-44-42-11-7-8-12-47(42)51(3)48(44)28-46(43)49)52(38-17-13-36(14-18-38)35-9-5-4-6-10-35)39-19-15-37(16-20-39)50-29-32-23-33(30-50)25-34(24-32)31-50/h7-8,11-22,26-28,32-35H,4-6,9-10,23-25,29-31H2,1-3H3. The van der Waals surface area contributed by atoms with E-state index >= 15 is 0 Å². The normalized spacial score (nSPS) is 25.9. The molecule has 0 spiro atoms. The number of nitrogens with zero attached hydrogens (tertiary/aromatic N) is 2. The maximum Gasteiger partial charge on any atom is 0.0492 e. The van der Waals surface area contributed by atoms with Crippen LogP contribution in [0, 0.1) is 17.8 Å². The lowest BCUT2D eigenvalue weighted by Gasteiger charge is -2.57. The minimum atomic E-state index is -0.107. The van der Waals surface area contributed by atoms with Gasteiger partial charge in [0, 0.05) is 51.3 Å². The molecule has 5 aromatic carbocycles. The van der Waals surface area contributed by atoms with Crippen LogP contribution >= 0.6 is 0 Å². The maximum absolute atomic E-state index is 2.54. The van der Waals surface area contributed by atoms with Crippen molar-refractivity contribution in [1.29, 1.82) is 0 Å². The largest absolute Gasteiger partial charge is 0.344 e. The van der Waals surface area contributed by atoms with E-state index in [-0.39, 0.29) is 5.41 Å². The molecule has 12 rings (SSSR count). The molecule has 262 valence electrons. The number of anilines is 3. The molecule has 0 aliphatic heterocycles. The Hall–Kier alpha value is -4.30. The fourth-order valence-electron chi connectivity index (χ4n) is 12.7. The molecule has 0 atom stereocenters. The zero-order valence-electron chi connectivity index (χ0n) is 31.3. The van der Waals surface area contributed by atoms with Gasteiger partial charge in [0.05, 0.1) is 0 Å². The predicted molar refractivity (Wildman–Crippen MR) is 218 cm³/mol. The molecule has 0 saturated heterocycles. The first-order valence-corrected chi connectivity index (χ1v) is 20.5. The summed E-state index contributed by atoms with van der Waals surface area (Å²) in [6.45, 7) is 4.86. The molecule has 5 saturated carbocycles. The highest BCUT2D eigenvalue weighted by atomic mass is 15.1. The molecule has 2 nitrogen and oxygen atoms in total. The lowest BCUT2D eigenvalue weighted by Crippen LogP contribution is -2.48. The quantitative estimate of drug-likeness (QED) is 0.176. The number of benzene rings is 5. The highest BCUT2D eigenvalue weighted by Gasteiger charge is 2.51. The van der Waals surface area contributed by atoms with E-state index in [0.29, 0.717) is 11.3 Å². The van der Waals surface area contributed by atoms with E-state index in [1.807, 2.05) is 0 Å². The van der Waals surface area contributed by atoms with E-state index < -0.39 is 0 Å². The summed E-state index contributed by atoms with van der Waals surface area (Å²) in [5.74, 6) is 3.59. The predicted octanol–water partition coefficient (Wildman–Crippen LogP) is 13.6. The van der Waals surface area contributed by atoms with Gasteiger partial charge in [-0.25, -0.2) is 0 Å². The molecule has 6 aliphatic carbocycles. The second-order valence-electron chi connectivity index (χ2n) is 18.4. The fourth-order valence-corrected chi connectivity index (χ4v) is 12.7. The molecule has 1 aromatic heterocycles. The van der Waals surface area contributed by atoms with Gasteiger partial charge in [0.15, 0.2) is 0 Å². The van der Waals surface area contributed by atoms with Gasteiger partial charge in [-0.2, -0.15) is 0 Å². The van der Waals surface area contributed by atoms with Gasteiger partial charge in [-0.1, -0.05) is 81.6 Å². The van der Waals surface area contributed by atoms with Gasteiger partial charge >= 0.3 is 0 Å². The first kappa shape index (κ1) is 31.2. The zero-order valence-corrected chi connectivity index (χ0v) is 31.3. The van der Waals surface area contributed by atoms with Gasteiger partial charge in [-0.05, 0) is 168 Å². The lowest BCUT2D eigenvalue weighted by molar-refractivity contribution is -0.00518. The Labute approximate surface area is 309 Å². The van der Waals surface area contributed by atoms with E-state index in [2.05, 4.69) is 133 Å². The Bertz CT molecular complexity index is 2310. The smallest absolute Gasteiger partial charge is 0.0492 e. The highest BCUT2D eigenvalue weighted by Crippen LogP contribution is 2.61. The second kappa shape index (κ2) is 11.3. The summed E-state index contributed by atoms with van der Waals surface area (Å²) in [6.07, 6.45) is 15.5. The van der Waals surface area contributed by atoms with Crippen LogP contribution in [-0.4, -0.2) is 4.57 Å². The first-order chi connectivity index (χ1) is 25.3. The van der Waals surface area contributed by atoms with Gasteiger partial charge in [-0.3, -0.25) is 0 Å². The molecule has 0 N–H and O–H groups in total. The highest BCUT2D eigenvalue weighted by molar-refractivity contribution is 6.10. The summed E-state index contributed by atoms with van der Waals surface area (Å²) < 4.78 is 2.38. The number of aryl methyl sites for hydroxylation is 1. The summed E-state index contributed by atoms with van der Waals surface area (Å²) >= 11 is 0. The minimum absolute atomic E-state index is 0.107. The van der Waals surface area contributed by atoms with E-state index in [4.69, 9.17) is 0 Å². The molecule has 4 bridgehead atoms. The number of hydrogen-bond donors (Lipinski definition) is 0. The Morgan fingerprint density at radius 2 is 1.19 bits per heavy atom. The van der Waals surface area contributed by atoms with Gasteiger partial charge in [0.25, 0.3) is 0 Å². The maximum atomic E-state index is 2.54. The fraction of sp³-hybridized carbons (Fsp3) is 0.400. The molecule has 6 aliphatic rings. The van der Waals surface area contributed by atoms with Crippen LogP contribution in [-0.2, 0) is 17.9 Å². The SMILES string of the molecule is Cn1c2ccccc2c2cc3c(cc21)C(C)(C)c1cc(N(c2ccc(C4CCCCC4)cc2)c2ccc(C45CC6CC(CC(C6)C4)C5)cc2)ccc1-3. The number of hydrogen-bond acceptors (Lipinski definition) is 1. The molecule has 6 aromatic rings. The van der Waals surface area contributed by atoms with Gasteiger partial charge in [0.2, 0.25) is 0 Å². The third-order valence-electron chi connectivity index (χ3n) is 15.0. The van der Waals surface area contributed by atoms with Crippen LogP contribution in [0.1, 0.15) is 113 Å². The Morgan fingerprint density at radius 3 is 1.88 bits per heavy atom. The molecule has 1 heterocycles. The van der Waals surface area contributed by atoms with Crippen molar-refractivity contribution in [2.75, 3.05) is 4.90 Å². The van der Waals surface area contributed by atoms with Crippen molar-refractivity contribution in [2.24, 2.45) is 24.8 Å². The van der Waals surface area contributed by atoms with Crippen molar-refractivity contribution in [3.63, 3.8) is 0 Å². The summed E-state index contributed by atoms with van der Waals surface area (Å²) in [6, 6.07) is 40.8. The summed E-state index contributed by atoms with van der Waals surface area (Å²) in [7, 11) is 2.22. The van der Waals surface area contributed by atoms with Gasteiger partial charge in [-0.15, -0.1) is 0 Å². The van der Waals surface area contributed by atoms with Gasteiger partial charge in [0.1, 0.15) is 0 Å². The number of fused-ring (bicyclic) bond motifs is 6. The molecular weight excluding hydrogens is 629 g/mol. The molecule has 0 unspecified atom stereocenters. The third-order valence-corrected chi connectivity index (χ3v) is 15.0. The van der Waals surface area contributed by atoms with E-state index in [9.17, 15) is 0 Å². The first-order valence-electron chi connectivity index (χ1n) is 20.5. The van der Waals surface area contributed by atoms with Crippen LogP contribution < -0.4 is 4.90 Å². The van der Waals surface area contributed by atoms with E-state index in [1.54, 1.807) is 5.56 Å². The van der Waals surface area contributed by atoms with Crippen LogP contribution in [0.5, 0.6) is 0 Å². The Balaban J connectivity index is 1.01. The molecule has 2 heteroatoms. The average Bonchev–Trinajstić information content (AvgIpc) is 3.57. The van der Waals surface area contributed by atoms with Crippen LogP contribution in [0.3, 0.4) is 0 Å². The lowest BCUT2D eigenvalue weighted by atomic mass is 9.48. The number of aromatic nitrogens is 1. The molecule has 52 heavy (non-hydrogen) atoms. The Morgan fingerprint density at radius 1 is 0.577 bits per heavy atom. The zero-order chi connectivity index (χ0) is 34.8. The average molecular weight is 681 g/mol. The Kier molecular flexibility index (Phi) is 6.82. The van der Waals surface area contributed by atoms with Crippen LogP contribution in [0.4, 0.5) is 17.1 Å². The second-order valence-corrected chi connectivity index (χ2v) is 18.4. The van der Waals surface area contributed by atoms with Crippen molar-refractivity contribution >= 4 is 38.9 Å². The van der Waals surface area contributed by atoms with Crippen molar-refractivity contribution in [1.82, 2.24) is 4.57 Å². The van der Waals surface area contributed by atoms with E-state index in [1.165, 1.54) is 137 Å². The summed E-state index contributed by atoms with van der Waals surface area (Å²) in [5, 5.41) is 2.69. The van der Waals surface area contributed by atoms with Crippen molar-refractivity contribution in [2.45, 2.75) is 101 Å². The minimum Gasteiger partial charge on any atom is -0.344 e. The number of rotatable bonds is 5. The third kappa shape index (κ3) is 4.61. The summed E-state index contributed by atoms with van der Waals surface area (Å²) in [5.41, 5.74) is 15.5. The van der Waals surface area contributed by atoms with Crippen LogP contribution in [0.2, 0.25) is 0 Å². The topological polar surface area (TPSA) is 8.17 Å². The van der Waals surface area contributed by atoms with E-state index in [0.717, 1.165) is 17.8 Å². The monoisotopic (exact) mass is 680 g/mol. The molecular formula is C50H52N2. The molecule has 0 amide bonds. The molecule has 0 radical (unpaired) electrons. The van der Waals surface area contributed by atoms with Crippen molar-refractivity contribution < 1.29 is 0 Å². The molecule has 5 fully saturated rings. The van der Waals surface area contributed by atoms with Crippen LogP contribution in [0.25, 0.3) is 32.9 Å².